The van der Waals surface area contributed by atoms with E-state index < -0.39 is 5.76 Å². The Labute approximate surface area is 171 Å². The molecule has 29 heavy (non-hydrogen) atoms. The molecule has 1 aliphatic rings. The number of aromatic nitrogens is 3. The highest BCUT2D eigenvalue weighted by atomic mass is 32.2. The van der Waals surface area contributed by atoms with Crippen LogP contribution in [0.4, 0.5) is 14.5 Å². The molecular weight excluding hydrogens is 396 g/mol. The lowest BCUT2D eigenvalue weighted by molar-refractivity contribution is -0.117. The number of nitrogens with zero attached hydrogens (tertiary/aromatic N) is 4. The Hall–Kier alpha value is -2.52. The number of anilines is 1. The van der Waals surface area contributed by atoms with Gasteiger partial charge in [-0.2, -0.15) is 8.78 Å². The third-order valence-electron chi connectivity index (χ3n) is 5.04. The Kier molecular flexibility index (Phi) is 6.05. The molecule has 0 unspecified atom stereocenters. The van der Waals surface area contributed by atoms with Gasteiger partial charge in [-0.1, -0.05) is 30.0 Å². The fraction of sp³-hybridized carbons (Fsp3) is 0.350. The predicted octanol–water partition coefficient (Wildman–Crippen LogP) is 3.86. The SMILES string of the molecule is O=C(CN1CCC(c2nnc3ccccn23)CC1)Nc1ccccc1SC(F)F. The minimum absolute atomic E-state index is 0.196. The molecule has 3 heterocycles. The molecule has 6 nitrogen and oxygen atoms in total. The Morgan fingerprint density at radius 2 is 1.90 bits per heavy atom. The van der Waals surface area contributed by atoms with Crippen LogP contribution >= 0.6 is 11.8 Å². The number of thioether (sulfide) groups is 1. The highest BCUT2D eigenvalue weighted by Crippen LogP contribution is 2.32. The van der Waals surface area contributed by atoms with E-state index in [2.05, 4.69) is 20.4 Å². The topological polar surface area (TPSA) is 62.5 Å². The van der Waals surface area contributed by atoms with Crippen molar-refractivity contribution in [2.75, 3.05) is 25.0 Å². The first kappa shape index (κ1) is 19.8. The van der Waals surface area contributed by atoms with Gasteiger partial charge in [-0.05, 0) is 50.2 Å². The van der Waals surface area contributed by atoms with Crippen LogP contribution in [0.25, 0.3) is 5.65 Å². The van der Waals surface area contributed by atoms with Crippen LogP contribution < -0.4 is 5.32 Å². The largest absolute Gasteiger partial charge is 0.324 e. The summed E-state index contributed by atoms with van der Waals surface area (Å²) < 4.78 is 27.4. The van der Waals surface area contributed by atoms with Gasteiger partial charge in [0.2, 0.25) is 5.91 Å². The first-order valence-electron chi connectivity index (χ1n) is 9.46. The smallest absolute Gasteiger partial charge is 0.288 e. The highest BCUT2D eigenvalue weighted by Gasteiger charge is 2.25. The fourth-order valence-corrected chi connectivity index (χ4v) is 4.24. The second-order valence-electron chi connectivity index (χ2n) is 6.96. The van der Waals surface area contributed by atoms with Gasteiger partial charge < -0.3 is 5.32 Å². The molecular formula is C20H21F2N5OS. The minimum atomic E-state index is -2.53. The minimum Gasteiger partial charge on any atom is -0.324 e. The van der Waals surface area contributed by atoms with E-state index in [1.165, 1.54) is 0 Å². The van der Waals surface area contributed by atoms with Crippen molar-refractivity contribution in [1.29, 1.82) is 0 Å². The van der Waals surface area contributed by atoms with Crippen molar-refractivity contribution in [3.05, 3.63) is 54.5 Å². The molecule has 0 bridgehead atoms. The second kappa shape index (κ2) is 8.87. The third-order valence-corrected chi connectivity index (χ3v) is 5.83. The van der Waals surface area contributed by atoms with Crippen LogP contribution in [0.3, 0.4) is 0 Å². The number of fused-ring (bicyclic) bond motifs is 1. The number of halogens is 2. The molecule has 152 valence electrons. The van der Waals surface area contributed by atoms with Crippen molar-refractivity contribution in [2.24, 2.45) is 0 Å². The number of hydrogen-bond donors (Lipinski definition) is 1. The van der Waals surface area contributed by atoms with Crippen LogP contribution in [0.1, 0.15) is 24.6 Å². The summed E-state index contributed by atoms with van der Waals surface area (Å²) in [6.45, 7) is 1.78. The Morgan fingerprint density at radius 1 is 1.14 bits per heavy atom. The van der Waals surface area contributed by atoms with Crippen LogP contribution in [0.5, 0.6) is 0 Å². The van der Waals surface area contributed by atoms with Crippen molar-refractivity contribution >= 4 is 29.0 Å². The summed E-state index contributed by atoms with van der Waals surface area (Å²) in [5.74, 6) is -1.46. The number of piperidine rings is 1. The van der Waals surface area contributed by atoms with Gasteiger partial charge in [-0.15, -0.1) is 10.2 Å². The molecule has 1 aromatic carbocycles. The van der Waals surface area contributed by atoms with Crippen LogP contribution in [-0.2, 0) is 4.79 Å². The zero-order valence-corrected chi connectivity index (χ0v) is 16.5. The second-order valence-corrected chi connectivity index (χ2v) is 7.99. The lowest BCUT2D eigenvalue weighted by Crippen LogP contribution is -2.39. The van der Waals surface area contributed by atoms with E-state index in [1.54, 1.807) is 24.3 Å². The number of carbonyl (C=O) groups is 1. The first-order chi connectivity index (χ1) is 14.1. The van der Waals surface area contributed by atoms with Crippen molar-refractivity contribution in [3.8, 4) is 0 Å². The Bertz CT molecular complexity index is 988. The fourth-order valence-electron chi connectivity index (χ4n) is 3.65. The van der Waals surface area contributed by atoms with E-state index >= 15 is 0 Å². The summed E-state index contributed by atoms with van der Waals surface area (Å²) in [6.07, 6.45) is 3.75. The molecule has 1 N–H and O–H groups in total. The zero-order chi connectivity index (χ0) is 20.2. The molecule has 1 amide bonds. The van der Waals surface area contributed by atoms with Crippen LogP contribution in [-0.4, -0.2) is 50.8 Å². The van der Waals surface area contributed by atoms with Crippen LogP contribution in [0.15, 0.2) is 53.6 Å². The van der Waals surface area contributed by atoms with Crippen molar-refractivity contribution in [1.82, 2.24) is 19.5 Å². The quantitative estimate of drug-likeness (QED) is 0.617. The number of amides is 1. The van der Waals surface area contributed by atoms with E-state index in [0.29, 0.717) is 28.3 Å². The van der Waals surface area contributed by atoms with Gasteiger partial charge in [0.05, 0.1) is 12.2 Å². The van der Waals surface area contributed by atoms with Crippen LogP contribution in [0, 0.1) is 0 Å². The van der Waals surface area contributed by atoms with E-state index in [4.69, 9.17) is 0 Å². The molecule has 1 aliphatic heterocycles. The van der Waals surface area contributed by atoms with Crippen LogP contribution in [0.2, 0.25) is 0 Å². The van der Waals surface area contributed by atoms with E-state index in [-0.39, 0.29) is 12.5 Å². The monoisotopic (exact) mass is 417 g/mol. The van der Waals surface area contributed by atoms with Gasteiger partial charge in [-0.3, -0.25) is 14.1 Å². The third kappa shape index (κ3) is 4.73. The summed E-state index contributed by atoms with van der Waals surface area (Å²) in [4.78, 5) is 14.9. The van der Waals surface area contributed by atoms with Gasteiger partial charge in [-0.25, -0.2) is 0 Å². The number of hydrogen-bond acceptors (Lipinski definition) is 5. The number of alkyl halides is 2. The molecule has 0 atom stereocenters. The average Bonchev–Trinajstić information content (AvgIpc) is 3.14. The zero-order valence-electron chi connectivity index (χ0n) is 15.7. The summed E-state index contributed by atoms with van der Waals surface area (Å²) in [5, 5.41) is 11.3. The molecule has 1 saturated heterocycles. The van der Waals surface area contributed by atoms with E-state index in [0.717, 1.165) is 37.4 Å². The van der Waals surface area contributed by atoms with E-state index in [1.807, 2.05) is 28.8 Å². The van der Waals surface area contributed by atoms with Crippen molar-refractivity contribution in [2.45, 2.75) is 29.4 Å². The number of pyridine rings is 1. The number of para-hydroxylation sites is 1. The summed E-state index contributed by atoms with van der Waals surface area (Å²) in [7, 11) is 0. The Balaban J connectivity index is 1.32. The molecule has 1 fully saturated rings. The van der Waals surface area contributed by atoms with E-state index in [9.17, 15) is 13.6 Å². The van der Waals surface area contributed by atoms with Gasteiger partial charge in [0, 0.05) is 17.0 Å². The standard InChI is InChI=1S/C20H21F2N5OS/c21-20(22)29-16-6-2-1-5-15(16)23-18(28)13-26-11-8-14(9-12-26)19-25-24-17-7-3-4-10-27(17)19/h1-7,10,14,20H,8-9,11-13H2,(H,23,28). The number of nitrogens with one attached hydrogen (secondary N) is 1. The van der Waals surface area contributed by atoms with Gasteiger partial charge in [0.15, 0.2) is 5.65 Å². The summed E-state index contributed by atoms with van der Waals surface area (Å²) >= 11 is 0.436. The lowest BCUT2D eigenvalue weighted by atomic mass is 9.96. The Morgan fingerprint density at radius 3 is 2.69 bits per heavy atom. The first-order valence-corrected chi connectivity index (χ1v) is 10.3. The normalized spacial score (nSPS) is 15.8. The van der Waals surface area contributed by atoms with Gasteiger partial charge >= 0.3 is 0 Å². The molecule has 0 radical (unpaired) electrons. The molecule has 9 heteroatoms. The number of benzene rings is 1. The van der Waals surface area contributed by atoms with Gasteiger partial charge in [0.1, 0.15) is 5.82 Å². The highest BCUT2D eigenvalue weighted by molar-refractivity contribution is 7.99. The average molecular weight is 417 g/mol. The summed E-state index contributed by atoms with van der Waals surface area (Å²) in [6, 6.07) is 12.5. The molecule has 3 aromatic rings. The molecule has 2 aromatic heterocycles. The number of carbonyl (C=O) groups excluding carboxylic acids is 1. The summed E-state index contributed by atoms with van der Waals surface area (Å²) in [5.41, 5.74) is 1.26. The molecule has 0 saturated carbocycles. The molecule has 4 rings (SSSR count). The predicted molar refractivity (Wildman–Crippen MR) is 108 cm³/mol. The van der Waals surface area contributed by atoms with Gasteiger partial charge in [0.25, 0.3) is 5.76 Å². The number of likely N-dealkylation sites (tertiary alicyclic amines) is 1. The lowest BCUT2D eigenvalue weighted by Gasteiger charge is -2.30. The maximum Gasteiger partial charge on any atom is 0.288 e. The maximum atomic E-state index is 12.7. The number of rotatable bonds is 6. The van der Waals surface area contributed by atoms with Crippen molar-refractivity contribution < 1.29 is 13.6 Å². The molecule has 0 spiro atoms. The molecule has 0 aliphatic carbocycles. The van der Waals surface area contributed by atoms with Crippen molar-refractivity contribution in [3.63, 3.8) is 0 Å². The maximum absolute atomic E-state index is 12.7.